The van der Waals surface area contributed by atoms with Crippen LogP contribution < -0.4 is 10.6 Å². The Labute approximate surface area is 185 Å². The molecule has 0 aromatic rings. The summed E-state index contributed by atoms with van der Waals surface area (Å²) in [5.41, 5.74) is 5.34. The maximum Gasteiger partial charge on any atom is 0.144 e. The second-order valence-corrected chi connectivity index (χ2v) is 6.76. The molecule has 3 N–H and O–H groups in total. The molecule has 0 aromatic carbocycles. The molecular formula is C26H43N3O. The Morgan fingerprint density at radius 3 is 2.67 bits per heavy atom. The van der Waals surface area contributed by atoms with E-state index in [-0.39, 0.29) is 0 Å². The summed E-state index contributed by atoms with van der Waals surface area (Å²) in [6.07, 6.45) is 16.8. The monoisotopic (exact) mass is 413 g/mol. The molecule has 2 atom stereocenters. The van der Waals surface area contributed by atoms with E-state index >= 15 is 0 Å². The summed E-state index contributed by atoms with van der Waals surface area (Å²) in [5, 5.41) is 16.7. The quantitative estimate of drug-likeness (QED) is 0.253. The van der Waals surface area contributed by atoms with Gasteiger partial charge in [-0.2, -0.15) is 0 Å². The van der Waals surface area contributed by atoms with E-state index in [0.29, 0.717) is 5.92 Å². The molecule has 0 bridgehead atoms. The predicted octanol–water partition coefficient (Wildman–Crippen LogP) is 6.17. The molecule has 0 radical (unpaired) electrons. The van der Waals surface area contributed by atoms with E-state index in [4.69, 9.17) is 4.99 Å². The first kappa shape index (κ1) is 27.7. The molecule has 1 heterocycles. The molecule has 4 heteroatoms. The molecule has 0 spiro atoms. The second kappa shape index (κ2) is 16.5. The first-order chi connectivity index (χ1) is 14.5. The zero-order valence-electron chi connectivity index (χ0n) is 20.1. The molecule has 0 saturated carbocycles. The van der Waals surface area contributed by atoms with Gasteiger partial charge in [-0.25, -0.2) is 0 Å². The Morgan fingerprint density at radius 2 is 2.03 bits per heavy atom. The van der Waals surface area contributed by atoms with Crippen molar-refractivity contribution in [3.8, 4) is 0 Å². The molecule has 0 fully saturated rings. The van der Waals surface area contributed by atoms with Crippen molar-refractivity contribution in [1.29, 1.82) is 0 Å². The van der Waals surface area contributed by atoms with Crippen molar-refractivity contribution in [2.45, 2.75) is 73.5 Å². The third-order valence-electron chi connectivity index (χ3n) is 4.55. The highest BCUT2D eigenvalue weighted by molar-refractivity contribution is 5.85. The van der Waals surface area contributed by atoms with Crippen molar-refractivity contribution in [2.75, 3.05) is 7.05 Å². The number of aliphatic imine (C=N–C) groups is 1. The fourth-order valence-electron chi connectivity index (χ4n) is 3.18. The molecule has 0 amide bonds. The van der Waals surface area contributed by atoms with Gasteiger partial charge in [0.1, 0.15) is 6.23 Å². The second-order valence-electron chi connectivity index (χ2n) is 6.76. The fourth-order valence-corrected chi connectivity index (χ4v) is 3.18. The molecule has 1 aliphatic carbocycles. The topological polar surface area (TPSA) is 56.6 Å². The van der Waals surface area contributed by atoms with E-state index in [0.717, 1.165) is 48.5 Å². The van der Waals surface area contributed by atoms with Gasteiger partial charge in [-0.15, -0.1) is 6.58 Å². The molecule has 168 valence electrons. The zero-order valence-corrected chi connectivity index (χ0v) is 20.1. The van der Waals surface area contributed by atoms with Gasteiger partial charge in [0, 0.05) is 18.5 Å². The average molecular weight is 414 g/mol. The SMILES string of the molecule is C=CCC/C(=C\C=C\C(O)NC1=CCC=CC2=C1N=C(C)C[C@@H]2C)NC.CC.CC. The first-order valence-electron chi connectivity index (χ1n) is 11.3. The lowest BCUT2D eigenvalue weighted by atomic mass is 9.90. The Bertz CT molecular complexity index is 693. The largest absolute Gasteiger partial charge is 0.391 e. The summed E-state index contributed by atoms with van der Waals surface area (Å²) in [7, 11) is 1.90. The standard InChI is InChI=1S/C22H31N3O.2C2H6/c1-5-6-10-18(23-4)11-9-14-21(26)25-20-13-8-7-12-19-16(2)15-17(3)24-22(19)20;2*1-2/h5,7,9,11-14,16,21,23,25-26H,1,6,8,10,15H2,2-4H3;2*1-2H3/b14-9+,18-11+;;/t16-,21?;;/m0../s1. The van der Waals surface area contributed by atoms with Gasteiger partial charge in [-0.1, -0.05) is 65.0 Å². The van der Waals surface area contributed by atoms with E-state index in [1.807, 2.05) is 53.0 Å². The Morgan fingerprint density at radius 1 is 1.33 bits per heavy atom. The minimum atomic E-state index is -0.769. The predicted molar refractivity (Wildman–Crippen MR) is 133 cm³/mol. The smallest absolute Gasteiger partial charge is 0.144 e. The molecule has 1 aliphatic heterocycles. The minimum Gasteiger partial charge on any atom is -0.391 e. The van der Waals surface area contributed by atoms with E-state index in [1.54, 1.807) is 6.08 Å². The van der Waals surface area contributed by atoms with Crippen LogP contribution in [0.2, 0.25) is 0 Å². The van der Waals surface area contributed by atoms with Crippen LogP contribution in [0.1, 0.15) is 67.2 Å². The molecule has 0 saturated heterocycles. The third kappa shape index (κ3) is 9.45. The van der Waals surface area contributed by atoms with Gasteiger partial charge >= 0.3 is 0 Å². The average Bonchev–Trinajstić information content (AvgIpc) is 2.96. The van der Waals surface area contributed by atoms with Crippen molar-refractivity contribution in [2.24, 2.45) is 10.9 Å². The molecule has 1 unspecified atom stereocenters. The maximum atomic E-state index is 10.4. The molecule has 2 rings (SSSR count). The van der Waals surface area contributed by atoms with E-state index < -0.39 is 6.23 Å². The first-order valence-corrected chi connectivity index (χ1v) is 11.3. The Balaban J connectivity index is 0.00000198. The molecular weight excluding hydrogens is 370 g/mol. The van der Waals surface area contributed by atoms with Crippen molar-refractivity contribution in [3.63, 3.8) is 0 Å². The highest BCUT2D eigenvalue weighted by Gasteiger charge is 2.22. The number of nitrogens with one attached hydrogen (secondary N) is 2. The number of aliphatic hydroxyl groups excluding tert-OH is 1. The van der Waals surface area contributed by atoms with E-state index in [2.05, 4.69) is 49.3 Å². The lowest BCUT2D eigenvalue weighted by molar-refractivity contribution is 0.198. The number of hydrogen-bond acceptors (Lipinski definition) is 4. The van der Waals surface area contributed by atoms with Gasteiger partial charge in [-0.05, 0) is 56.3 Å². The molecule has 0 aromatic heterocycles. The molecule has 2 aliphatic rings. The number of rotatable bonds is 8. The number of allylic oxidation sites excluding steroid dienone is 8. The minimum absolute atomic E-state index is 0.445. The van der Waals surface area contributed by atoms with Crippen LogP contribution in [0.15, 0.2) is 76.8 Å². The van der Waals surface area contributed by atoms with E-state index in [9.17, 15) is 5.11 Å². The number of nitrogens with zero attached hydrogens (tertiary/aromatic N) is 1. The van der Waals surface area contributed by atoms with Gasteiger partial charge in [0.05, 0.1) is 11.4 Å². The Hall–Kier alpha value is -2.33. The number of aliphatic hydroxyl groups is 1. The van der Waals surface area contributed by atoms with Crippen LogP contribution in [0.25, 0.3) is 0 Å². The van der Waals surface area contributed by atoms with Crippen molar-refractivity contribution < 1.29 is 5.11 Å². The van der Waals surface area contributed by atoms with Crippen LogP contribution in [0.3, 0.4) is 0 Å². The summed E-state index contributed by atoms with van der Waals surface area (Å²) in [5.74, 6) is 0.445. The Kier molecular flexibility index (Phi) is 15.2. The van der Waals surface area contributed by atoms with Gasteiger partial charge in [0.25, 0.3) is 0 Å². The van der Waals surface area contributed by atoms with Gasteiger partial charge < -0.3 is 15.7 Å². The van der Waals surface area contributed by atoms with Crippen LogP contribution in [0.5, 0.6) is 0 Å². The van der Waals surface area contributed by atoms with Crippen LogP contribution in [-0.4, -0.2) is 24.1 Å². The summed E-state index contributed by atoms with van der Waals surface area (Å²) >= 11 is 0. The maximum absolute atomic E-state index is 10.4. The summed E-state index contributed by atoms with van der Waals surface area (Å²) in [6, 6.07) is 0. The third-order valence-corrected chi connectivity index (χ3v) is 4.55. The highest BCUT2D eigenvalue weighted by Crippen LogP contribution is 2.31. The van der Waals surface area contributed by atoms with Crippen LogP contribution in [-0.2, 0) is 0 Å². The normalized spacial score (nSPS) is 19.2. The lowest BCUT2D eigenvalue weighted by Gasteiger charge is -2.24. The zero-order chi connectivity index (χ0) is 22.9. The lowest BCUT2D eigenvalue weighted by Crippen LogP contribution is -2.28. The van der Waals surface area contributed by atoms with Gasteiger partial charge in [0.2, 0.25) is 0 Å². The van der Waals surface area contributed by atoms with E-state index in [1.165, 1.54) is 5.57 Å². The summed E-state index contributed by atoms with van der Waals surface area (Å²) in [4.78, 5) is 4.75. The summed E-state index contributed by atoms with van der Waals surface area (Å²) in [6.45, 7) is 16.0. The van der Waals surface area contributed by atoms with Crippen LogP contribution in [0.4, 0.5) is 0 Å². The van der Waals surface area contributed by atoms with Gasteiger partial charge in [0.15, 0.2) is 0 Å². The number of hydrogen-bond donors (Lipinski definition) is 3. The van der Waals surface area contributed by atoms with Crippen molar-refractivity contribution >= 4 is 5.71 Å². The van der Waals surface area contributed by atoms with Gasteiger partial charge in [-0.3, -0.25) is 4.99 Å². The van der Waals surface area contributed by atoms with Crippen molar-refractivity contribution in [3.05, 3.63) is 71.8 Å². The molecule has 4 nitrogen and oxygen atoms in total. The van der Waals surface area contributed by atoms with Crippen LogP contribution in [0, 0.1) is 5.92 Å². The van der Waals surface area contributed by atoms with Crippen molar-refractivity contribution in [1.82, 2.24) is 10.6 Å². The van der Waals surface area contributed by atoms with Crippen LogP contribution >= 0.6 is 0 Å². The summed E-state index contributed by atoms with van der Waals surface area (Å²) < 4.78 is 0. The fraction of sp³-hybridized carbons (Fsp3) is 0.500. The molecule has 30 heavy (non-hydrogen) atoms. The highest BCUT2D eigenvalue weighted by atomic mass is 16.3.